The van der Waals surface area contributed by atoms with E-state index < -0.39 is 42.1 Å². The Kier molecular flexibility index (Phi) is 10.1. The summed E-state index contributed by atoms with van der Waals surface area (Å²) in [5.41, 5.74) is 2.75. The van der Waals surface area contributed by atoms with E-state index in [1.54, 1.807) is 78.9 Å². The predicted octanol–water partition coefficient (Wildman–Crippen LogP) is 4.90. The number of hydrogen-bond acceptors (Lipinski definition) is 7. The first-order valence-electron chi connectivity index (χ1n) is 15.9. The second-order valence-corrected chi connectivity index (χ2v) is 16.4. The zero-order valence-electron chi connectivity index (χ0n) is 27.3. The number of aryl methyl sites for hydroxylation is 1. The lowest BCUT2D eigenvalue weighted by molar-refractivity contribution is -0.436. The van der Waals surface area contributed by atoms with Crippen molar-refractivity contribution in [2.45, 2.75) is 35.6 Å². The molecule has 0 saturated heterocycles. The maximum absolute atomic E-state index is 12.1. The molecular weight excluding hydrogens is 733 g/mol. The van der Waals surface area contributed by atoms with Crippen molar-refractivity contribution in [1.29, 1.82) is 0 Å². The molecule has 4 N–H and O–H groups in total. The predicted molar refractivity (Wildman–Crippen MR) is 197 cm³/mol. The maximum atomic E-state index is 12.1. The van der Waals surface area contributed by atoms with Crippen LogP contribution in [0, 0.1) is 0 Å². The summed E-state index contributed by atoms with van der Waals surface area (Å²) in [6.45, 7) is 0.537. The van der Waals surface area contributed by atoms with E-state index in [0.717, 1.165) is 11.3 Å². The number of aliphatic carboxylic acids is 1. The molecule has 6 rings (SSSR count). The van der Waals surface area contributed by atoms with Crippen LogP contribution in [0.15, 0.2) is 107 Å². The summed E-state index contributed by atoms with van der Waals surface area (Å²) in [7, 11) is -13.2. The van der Waals surface area contributed by atoms with Crippen LogP contribution < -0.4 is 5.35 Å². The molecule has 0 aliphatic carbocycles. The van der Waals surface area contributed by atoms with E-state index in [9.17, 15) is 48.8 Å². The first kappa shape index (κ1) is 36.8. The molecule has 1 aromatic heterocycles. The van der Waals surface area contributed by atoms with Gasteiger partial charge in [0.05, 0.1) is 23.1 Å². The maximum Gasteiger partial charge on any atom is 0.303 e. The van der Waals surface area contributed by atoms with Crippen LogP contribution in [0.4, 0.5) is 5.69 Å². The molecule has 13 nitrogen and oxygen atoms in total. The van der Waals surface area contributed by atoms with Crippen molar-refractivity contribution in [1.82, 2.24) is 4.57 Å². The second-order valence-electron chi connectivity index (χ2n) is 12.1. The Balaban J connectivity index is 1.34. The molecule has 5 aromatic rings. The van der Waals surface area contributed by atoms with Crippen LogP contribution in [-0.4, -0.2) is 77.1 Å². The number of allylic oxidation sites excluding steroid dienone is 6. The Hall–Kier alpha value is -4.97. The van der Waals surface area contributed by atoms with Gasteiger partial charge in [-0.3, -0.25) is 18.5 Å². The van der Waals surface area contributed by atoms with Gasteiger partial charge in [0.1, 0.15) is 16.3 Å². The Morgan fingerprint density at radius 1 is 0.712 bits per heavy atom. The standard InChI is InChI=1S/C36H32N2O11S3/c39-34(40)16-8-21-37-28(24-10-6-12-26-32(51(44,45)46)19-17-30(37)35(24)26)14-4-2-1-3-5-15-29-25-11-7-13-27-33(52(47,48)49)20-18-31(36(25)27)38(29)22-9-23-50(41,42)43/h1-7,10-15,17-20H,8-9,16,21-23H2,(H3-,39,40,41,42,43,44,45,46,47,48,49)/p+1. The van der Waals surface area contributed by atoms with Gasteiger partial charge in [0, 0.05) is 57.5 Å². The lowest BCUT2D eigenvalue weighted by Gasteiger charge is -2.07. The molecule has 0 radical (unpaired) electrons. The largest absolute Gasteiger partial charge is 0.481 e. The number of carboxylic acids is 1. The minimum absolute atomic E-state index is 0.0600. The van der Waals surface area contributed by atoms with Crippen molar-refractivity contribution in [2.24, 2.45) is 0 Å². The van der Waals surface area contributed by atoms with Crippen LogP contribution in [0.25, 0.3) is 38.5 Å². The van der Waals surface area contributed by atoms with Crippen molar-refractivity contribution in [3.63, 3.8) is 0 Å². The van der Waals surface area contributed by atoms with Crippen molar-refractivity contribution in [2.75, 3.05) is 12.3 Å². The molecule has 4 aromatic carbocycles. The van der Waals surface area contributed by atoms with E-state index >= 15 is 0 Å². The highest BCUT2D eigenvalue weighted by Crippen LogP contribution is 2.39. The summed E-state index contributed by atoms with van der Waals surface area (Å²) < 4.78 is 104. The van der Waals surface area contributed by atoms with E-state index in [1.807, 2.05) is 21.3 Å². The lowest BCUT2D eigenvalue weighted by Crippen LogP contribution is -2.18. The normalized spacial score (nSPS) is 14.6. The monoisotopic (exact) mass is 765 g/mol. The molecule has 0 unspecified atom stereocenters. The average molecular weight is 766 g/mol. The number of hydrogen-bond donors (Lipinski definition) is 4. The van der Waals surface area contributed by atoms with Gasteiger partial charge in [0.15, 0.2) is 0 Å². The Bertz CT molecular complexity index is 2800. The van der Waals surface area contributed by atoms with Gasteiger partial charge in [-0.25, -0.2) is 0 Å². The highest BCUT2D eigenvalue weighted by atomic mass is 32.2. The van der Waals surface area contributed by atoms with E-state index in [-0.39, 0.29) is 29.2 Å². The smallest absolute Gasteiger partial charge is 0.303 e. The van der Waals surface area contributed by atoms with Crippen molar-refractivity contribution < 1.29 is 53.4 Å². The van der Waals surface area contributed by atoms with Crippen LogP contribution in [-0.2, 0) is 41.7 Å². The molecular formula is C36H33N2O11S3+. The minimum atomic E-state index is -4.53. The van der Waals surface area contributed by atoms with Gasteiger partial charge in [0.2, 0.25) is 11.4 Å². The topological polar surface area (TPSA) is 208 Å². The number of nitrogens with zero attached hydrogens (tertiary/aromatic N) is 2. The third-order valence-electron chi connectivity index (χ3n) is 8.74. The molecule has 52 heavy (non-hydrogen) atoms. The van der Waals surface area contributed by atoms with E-state index in [4.69, 9.17) is 0 Å². The molecule has 0 atom stereocenters. The summed E-state index contributed by atoms with van der Waals surface area (Å²) in [6.07, 6.45) is 12.7. The number of benzene rings is 4. The fraction of sp³-hybridized carbons (Fsp3) is 0.167. The van der Waals surface area contributed by atoms with Crippen molar-refractivity contribution in [3.05, 3.63) is 108 Å². The number of aromatic nitrogens is 1. The van der Waals surface area contributed by atoms with Crippen molar-refractivity contribution >= 4 is 86.2 Å². The van der Waals surface area contributed by atoms with Crippen LogP contribution in [0.1, 0.15) is 24.8 Å². The van der Waals surface area contributed by atoms with Crippen LogP contribution in [0.3, 0.4) is 0 Å². The third-order valence-corrected chi connectivity index (χ3v) is 11.4. The molecule has 0 amide bonds. The van der Waals surface area contributed by atoms with Crippen LogP contribution in [0.5, 0.6) is 0 Å². The molecule has 0 saturated carbocycles. The Labute approximate surface area is 299 Å². The average Bonchev–Trinajstić information content (AvgIpc) is 3.52. The summed E-state index contributed by atoms with van der Waals surface area (Å²) in [5.74, 6) is -1.41. The van der Waals surface area contributed by atoms with Gasteiger partial charge < -0.3 is 9.67 Å². The molecule has 1 aliphatic rings. The third kappa shape index (κ3) is 7.48. The highest BCUT2D eigenvalue weighted by Gasteiger charge is 2.32. The molecule has 0 spiro atoms. The lowest BCUT2D eigenvalue weighted by atomic mass is 10.0. The fourth-order valence-electron chi connectivity index (χ4n) is 6.72. The summed E-state index contributed by atoms with van der Waals surface area (Å²) in [6, 6.07) is 15.9. The van der Waals surface area contributed by atoms with Gasteiger partial charge in [-0.15, -0.1) is 0 Å². The molecule has 1 aliphatic heterocycles. The number of rotatable bonds is 14. The molecule has 270 valence electrons. The SMILES string of the molecule is O=C(O)CCC[N+]1=C(C=CC=CC=CC=c2c3cccc4c(S(=O)(=O)O)ccc(c43)n2CCCS(=O)(=O)O)c2cccc3c(S(=O)(=O)O)ccc1c23. The zero-order chi connectivity index (χ0) is 37.4. The second kappa shape index (κ2) is 14.2. The van der Waals surface area contributed by atoms with Gasteiger partial charge in [-0.2, -0.15) is 29.8 Å². The minimum Gasteiger partial charge on any atom is -0.481 e. The number of carboxylic acid groups (broad SMARTS) is 1. The van der Waals surface area contributed by atoms with Gasteiger partial charge in [0.25, 0.3) is 30.4 Å². The van der Waals surface area contributed by atoms with Gasteiger partial charge in [-0.1, -0.05) is 60.7 Å². The fourth-order valence-corrected chi connectivity index (χ4v) is 8.59. The Morgan fingerprint density at radius 2 is 1.33 bits per heavy atom. The van der Waals surface area contributed by atoms with E-state index in [0.29, 0.717) is 56.4 Å². The van der Waals surface area contributed by atoms with Gasteiger partial charge >= 0.3 is 5.97 Å². The quantitative estimate of drug-likeness (QED) is 0.0679. The van der Waals surface area contributed by atoms with Crippen LogP contribution in [0.2, 0.25) is 0 Å². The van der Waals surface area contributed by atoms with E-state index in [2.05, 4.69) is 0 Å². The number of carbonyl (C=O) groups is 1. The first-order valence-corrected chi connectivity index (χ1v) is 20.4. The van der Waals surface area contributed by atoms with Gasteiger partial charge in [-0.05, 0) is 36.8 Å². The summed E-state index contributed by atoms with van der Waals surface area (Å²) >= 11 is 0. The molecule has 2 heterocycles. The zero-order valence-corrected chi connectivity index (χ0v) is 29.8. The summed E-state index contributed by atoms with van der Waals surface area (Å²) in [4.78, 5) is 10.8. The summed E-state index contributed by atoms with van der Waals surface area (Å²) in [5, 5.41) is 12.4. The van der Waals surface area contributed by atoms with Crippen LogP contribution >= 0.6 is 0 Å². The molecule has 0 bridgehead atoms. The Morgan fingerprint density at radius 3 is 2.00 bits per heavy atom. The molecule has 16 heteroatoms. The molecule has 0 fully saturated rings. The van der Waals surface area contributed by atoms with E-state index in [1.165, 1.54) is 12.1 Å². The first-order chi connectivity index (χ1) is 24.6. The highest BCUT2D eigenvalue weighted by molar-refractivity contribution is 7.86. The van der Waals surface area contributed by atoms with Crippen molar-refractivity contribution in [3.8, 4) is 0 Å².